The lowest BCUT2D eigenvalue weighted by molar-refractivity contribution is 0.0523. The van der Waals surface area contributed by atoms with Crippen LogP contribution in [0.1, 0.15) is 107 Å². The van der Waals surface area contributed by atoms with Gasteiger partial charge in [-0.05, 0) is 83.4 Å². The van der Waals surface area contributed by atoms with Crippen molar-refractivity contribution in [1.29, 1.82) is 10.5 Å². The summed E-state index contributed by atoms with van der Waals surface area (Å²) in [5.41, 5.74) is 3.96. The van der Waals surface area contributed by atoms with Crippen LogP contribution in [0.15, 0.2) is 23.3 Å². The van der Waals surface area contributed by atoms with Crippen molar-refractivity contribution in [2.45, 2.75) is 130 Å². The second-order valence-corrected chi connectivity index (χ2v) is 26.1. The number of rotatable bonds is 22. The molecule has 0 saturated heterocycles. The molecule has 2 aliphatic rings. The second-order valence-electron chi connectivity index (χ2n) is 16.5. The molecule has 2 unspecified atom stereocenters. The molecule has 0 aromatic heterocycles. The molecule has 0 spiro atoms. The zero-order valence-electron chi connectivity index (χ0n) is 38.9. The minimum atomic E-state index is -4.53. The van der Waals surface area contributed by atoms with Gasteiger partial charge in [0.25, 0.3) is 0 Å². The highest BCUT2D eigenvalue weighted by atomic mass is 31.2. The van der Waals surface area contributed by atoms with Crippen LogP contribution in [0.5, 0.6) is 23.0 Å². The van der Waals surface area contributed by atoms with E-state index in [1.807, 2.05) is 26.8 Å². The van der Waals surface area contributed by atoms with E-state index >= 15 is 0 Å². The van der Waals surface area contributed by atoms with Crippen LogP contribution < -0.4 is 14.2 Å². The van der Waals surface area contributed by atoms with Crippen LogP contribution >= 0.6 is 15.2 Å². The minimum Gasteiger partial charge on any atom is -0.507 e. The zero-order valence-corrected chi connectivity index (χ0v) is 41.7. The van der Waals surface area contributed by atoms with Crippen LogP contribution in [-0.2, 0) is 53.7 Å². The van der Waals surface area contributed by atoms with E-state index in [1.54, 1.807) is 40.0 Å². The van der Waals surface area contributed by atoms with E-state index in [0.29, 0.717) is 70.9 Å². The van der Waals surface area contributed by atoms with E-state index in [-0.39, 0.29) is 63.0 Å². The standard InChI is InChI=1S/C27H42NO7PSi.C18H22NO7P/c1-9-20(16-21(17-28)36(30,34-10-2)35-11-3)12-13-22-25(31-5)19(4)23-18-33-27(29)24(23)26(22)32-14-15-37(6,7)8;1-4-11(7-12(8-19)27(22,23)24)5-6-13-16(20)15-14(9-26-18(15)21)10(2)17(13)25-3/h12,21H,9-11,13-16,18H2,1-8H3;5,12,20H,4,6-7,9H2,1-3H3,(H2,22,23,24)/b20-12+;11-5+. The fraction of sp³-hybridized carbons (Fsp3) is 0.556. The smallest absolute Gasteiger partial charge is 0.348 e. The van der Waals surface area contributed by atoms with E-state index in [4.69, 9.17) is 38.0 Å². The third-order valence-corrected chi connectivity index (χ3v) is 16.2. The Morgan fingerprint density at radius 2 is 1.22 bits per heavy atom. The molecule has 2 aromatic rings. The predicted octanol–water partition coefficient (Wildman–Crippen LogP) is 9.54. The summed E-state index contributed by atoms with van der Waals surface area (Å²) in [5, 5.41) is 29.4. The third kappa shape index (κ3) is 13.1. The topological polar surface area (TPSA) is 241 Å². The van der Waals surface area contributed by atoms with Crippen LogP contribution in [0.4, 0.5) is 0 Å². The van der Waals surface area contributed by atoms with Crippen molar-refractivity contribution >= 4 is 35.2 Å². The summed E-state index contributed by atoms with van der Waals surface area (Å²) in [6.07, 6.45) is 5.60. The van der Waals surface area contributed by atoms with Crippen LogP contribution in [0.25, 0.3) is 0 Å². The van der Waals surface area contributed by atoms with Crippen LogP contribution in [0, 0.1) is 36.5 Å². The summed E-state index contributed by atoms with van der Waals surface area (Å²) >= 11 is 0. The van der Waals surface area contributed by atoms with Gasteiger partial charge in [0.05, 0.1) is 46.2 Å². The lowest BCUT2D eigenvalue weighted by Gasteiger charge is -2.23. The fourth-order valence-electron chi connectivity index (χ4n) is 7.43. The van der Waals surface area contributed by atoms with Crippen molar-refractivity contribution < 1.29 is 66.3 Å². The van der Waals surface area contributed by atoms with Crippen molar-refractivity contribution in [3.63, 3.8) is 0 Å². The number of carbonyl (C=O) groups excluding carboxylic acids is 2. The predicted molar refractivity (Wildman–Crippen MR) is 244 cm³/mol. The van der Waals surface area contributed by atoms with Gasteiger partial charge in [0, 0.05) is 30.3 Å². The number of benzene rings is 2. The Morgan fingerprint density at radius 3 is 1.66 bits per heavy atom. The lowest BCUT2D eigenvalue weighted by Crippen LogP contribution is -2.23. The van der Waals surface area contributed by atoms with Gasteiger partial charge in [0.1, 0.15) is 47.3 Å². The molecule has 64 heavy (non-hydrogen) atoms. The summed E-state index contributed by atoms with van der Waals surface area (Å²) in [6.45, 7) is 18.9. The quantitative estimate of drug-likeness (QED) is 0.0431. The minimum absolute atomic E-state index is 0.0758. The highest BCUT2D eigenvalue weighted by molar-refractivity contribution is 7.55. The molecule has 2 aromatic carbocycles. The van der Waals surface area contributed by atoms with Crippen LogP contribution in [0.2, 0.25) is 25.7 Å². The van der Waals surface area contributed by atoms with E-state index in [0.717, 1.165) is 28.3 Å². The van der Waals surface area contributed by atoms with E-state index < -0.39 is 40.6 Å². The SMILES string of the molecule is CC/C(=C\Cc1c(O)c2c(c(C)c1OC)COC2=O)CC(C#N)P(=O)(O)O.CCOP(=O)(OCC)C(C#N)C/C(=C/Cc1c(OC)c(C)c2c(c1OCC[Si](C)(C)C)C(=O)OC2)CC. The van der Waals surface area contributed by atoms with E-state index in [1.165, 1.54) is 7.11 Å². The molecule has 0 bridgehead atoms. The number of carbonyl (C=O) groups is 2. The number of fused-ring (bicyclic) bond motifs is 2. The number of allylic oxidation sites excluding steroid dienone is 4. The number of hydrogen-bond acceptors (Lipinski definition) is 14. The Hall–Kier alpha value is -4.44. The summed E-state index contributed by atoms with van der Waals surface area (Å²) in [7, 11) is -6.41. The second kappa shape index (κ2) is 23.7. The fourth-order valence-corrected chi connectivity index (χ4v) is 10.5. The lowest BCUT2D eigenvalue weighted by atomic mass is 9.94. The van der Waals surface area contributed by atoms with Crippen LogP contribution in [-0.4, -0.2) is 80.3 Å². The zero-order chi connectivity index (χ0) is 48.2. The summed E-state index contributed by atoms with van der Waals surface area (Å²) < 4.78 is 63.4. The first-order valence-corrected chi connectivity index (χ1v) is 28.3. The molecule has 0 saturated carbocycles. The first kappa shape index (κ1) is 53.9. The largest absolute Gasteiger partial charge is 0.507 e. The maximum atomic E-state index is 13.3. The molecule has 0 fully saturated rings. The highest BCUT2D eigenvalue weighted by Gasteiger charge is 2.37. The van der Waals surface area contributed by atoms with Crippen molar-refractivity contribution in [1.82, 2.24) is 0 Å². The Balaban J connectivity index is 0.000000357. The molecule has 352 valence electrons. The van der Waals surface area contributed by atoms with Gasteiger partial charge in [-0.25, -0.2) is 9.59 Å². The maximum absolute atomic E-state index is 13.3. The van der Waals surface area contributed by atoms with E-state index in [9.17, 15) is 38.9 Å². The molecule has 0 radical (unpaired) electrons. The Morgan fingerprint density at radius 1 is 0.766 bits per heavy atom. The Kier molecular flexibility index (Phi) is 19.9. The number of phenols is 1. The third-order valence-electron chi connectivity index (χ3n) is 11.1. The molecule has 16 nitrogen and oxygen atoms in total. The molecule has 3 N–H and O–H groups in total. The molecule has 19 heteroatoms. The summed E-state index contributed by atoms with van der Waals surface area (Å²) in [6, 6.07) is 4.73. The number of hydrogen-bond donors (Lipinski definition) is 3. The summed E-state index contributed by atoms with van der Waals surface area (Å²) in [5.74, 6) is 0.411. The highest BCUT2D eigenvalue weighted by Crippen LogP contribution is 2.55. The molecule has 2 heterocycles. The van der Waals surface area contributed by atoms with Gasteiger partial charge in [-0.1, -0.05) is 56.8 Å². The van der Waals surface area contributed by atoms with Gasteiger partial charge in [0.15, 0.2) is 11.3 Å². The van der Waals surface area contributed by atoms with Gasteiger partial charge in [-0.3, -0.25) is 9.13 Å². The van der Waals surface area contributed by atoms with Gasteiger partial charge in [-0.2, -0.15) is 10.5 Å². The number of esters is 2. The van der Waals surface area contributed by atoms with Crippen molar-refractivity contribution in [2.75, 3.05) is 34.0 Å². The maximum Gasteiger partial charge on any atom is 0.348 e. The van der Waals surface area contributed by atoms with Gasteiger partial charge < -0.3 is 47.6 Å². The molecular weight excluding hydrogens is 883 g/mol. The van der Waals surface area contributed by atoms with Gasteiger partial charge >= 0.3 is 27.1 Å². The number of ether oxygens (including phenoxy) is 5. The molecule has 0 aliphatic carbocycles. The number of nitriles is 2. The van der Waals surface area contributed by atoms with E-state index in [2.05, 4.69) is 25.7 Å². The molecule has 2 atom stereocenters. The Labute approximate surface area is 378 Å². The molecule has 4 rings (SSSR count). The average Bonchev–Trinajstić information content (AvgIpc) is 3.82. The molecule has 0 amide bonds. The number of nitrogens with zero attached hydrogens (tertiary/aromatic N) is 2. The number of phenolic OH excluding ortho intramolecular Hbond substituents is 1. The monoisotopic (exact) mass is 946 g/mol. The van der Waals surface area contributed by atoms with Crippen LogP contribution in [0.3, 0.4) is 0 Å². The van der Waals surface area contributed by atoms with Gasteiger partial charge in [-0.15, -0.1) is 0 Å². The number of cyclic esters (lactones) is 2. The number of methoxy groups -OCH3 is 2. The first-order chi connectivity index (χ1) is 30.1. The van der Waals surface area contributed by atoms with Crippen molar-refractivity contribution in [3.05, 3.63) is 67.8 Å². The van der Waals surface area contributed by atoms with Crippen molar-refractivity contribution in [3.8, 4) is 35.1 Å². The van der Waals surface area contributed by atoms with Gasteiger partial charge in [0.2, 0.25) is 0 Å². The molecule has 2 aliphatic heterocycles. The Bertz CT molecular complexity index is 2270. The summed E-state index contributed by atoms with van der Waals surface area (Å²) in [4.78, 5) is 43.1. The molecular formula is C45H64N2O14P2Si. The van der Waals surface area contributed by atoms with Crippen molar-refractivity contribution in [2.24, 2.45) is 0 Å². The average molecular weight is 947 g/mol. The normalized spacial score (nSPS) is 14.9. The first-order valence-electron chi connectivity index (χ1n) is 21.3. The number of aromatic hydroxyl groups is 1.